The quantitative estimate of drug-likeness (QED) is 0.800. The molecular formula is C21H33N3O. The van der Waals surface area contributed by atoms with Gasteiger partial charge in [-0.2, -0.15) is 0 Å². The number of aromatic nitrogens is 1. The fourth-order valence-electron chi connectivity index (χ4n) is 4.16. The summed E-state index contributed by atoms with van der Waals surface area (Å²) in [5.74, 6) is 0. The Bertz CT molecular complexity index is 686. The number of aryl methyl sites for hydroxylation is 1. The molecule has 0 radical (unpaired) electrons. The molecule has 1 aromatic carbocycles. The van der Waals surface area contributed by atoms with Gasteiger partial charge in [0.05, 0.1) is 12.6 Å². The average Bonchev–Trinajstić information content (AvgIpc) is 3.17. The van der Waals surface area contributed by atoms with Gasteiger partial charge in [0.2, 0.25) is 0 Å². The van der Waals surface area contributed by atoms with Crippen molar-refractivity contribution in [3.8, 4) is 0 Å². The lowest BCUT2D eigenvalue weighted by Gasteiger charge is -2.21. The molecule has 1 fully saturated rings. The fraction of sp³-hybridized carbons (Fsp3) is 0.619. The first kappa shape index (κ1) is 18.4. The average molecular weight is 344 g/mol. The van der Waals surface area contributed by atoms with Crippen LogP contribution >= 0.6 is 0 Å². The van der Waals surface area contributed by atoms with E-state index in [4.69, 9.17) is 0 Å². The molecule has 1 unspecified atom stereocenters. The zero-order chi connectivity index (χ0) is 17.8. The highest BCUT2D eigenvalue weighted by molar-refractivity contribution is 5.85. The number of hydrogen-bond donors (Lipinski definition) is 1. The highest BCUT2D eigenvalue weighted by Gasteiger charge is 2.19. The van der Waals surface area contributed by atoms with Crippen LogP contribution in [-0.2, 0) is 13.0 Å². The van der Waals surface area contributed by atoms with Crippen molar-refractivity contribution in [3.63, 3.8) is 0 Å². The first-order chi connectivity index (χ1) is 12.1. The molecule has 138 valence electrons. The van der Waals surface area contributed by atoms with E-state index in [0.717, 1.165) is 39.0 Å². The van der Waals surface area contributed by atoms with E-state index in [2.05, 4.69) is 59.7 Å². The number of para-hydroxylation sites is 1. The molecule has 0 saturated carbocycles. The van der Waals surface area contributed by atoms with Gasteiger partial charge in [0.15, 0.2) is 0 Å². The summed E-state index contributed by atoms with van der Waals surface area (Å²) in [6.07, 6.45) is 4.50. The third kappa shape index (κ3) is 4.43. The number of aliphatic hydroxyl groups excluding tert-OH is 1. The molecule has 0 spiro atoms. The molecule has 4 nitrogen and oxygen atoms in total. The number of aliphatic hydroxyl groups is 1. The van der Waals surface area contributed by atoms with Crippen molar-refractivity contribution in [1.82, 2.24) is 14.4 Å². The lowest BCUT2D eigenvalue weighted by Crippen LogP contribution is -2.32. The standard InChI is InChI=1S/C21H33N3O/c1-17-19(10-8-12-22(2)3)20-9-4-5-11-21(20)24(17)16-18(25)15-23-13-6-7-14-23/h4-5,9,11,18,25H,6-8,10,12-16H2,1-3H3. The number of nitrogens with zero attached hydrogens (tertiary/aromatic N) is 3. The lowest BCUT2D eigenvalue weighted by atomic mass is 10.1. The summed E-state index contributed by atoms with van der Waals surface area (Å²) in [7, 11) is 4.26. The van der Waals surface area contributed by atoms with Gasteiger partial charge in [-0.25, -0.2) is 0 Å². The van der Waals surface area contributed by atoms with Crippen molar-refractivity contribution in [2.75, 3.05) is 40.3 Å². The Hall–Kier alpha value is -1.36. The van der Waals surface area contributed by atoms with Crippen LogP contribution in [0.15, 0.2) is 24.3 Å². The number of benzene rings is 1. The fourth-order valence-corrected chi connectivity index (χ4v) is 4.16. The van der Waals surface area contributed by atoms with Crippen molar-refractivity contribution in [3.05, 3.63) is 35.5 Å². The smallest absolute Gasteiger partial charge is 0.0845 e. The second kappa shape index (κ2) is 8.35. The SMILES string of the molecule is Cc1c(CCCN(C)C)c2ccccc2n1CC(O)CN1CCCC1. The second-order valence-corrected chi connectivity index (χ2v) is 7.76. The Morgan fingerprint density at radius 3 is 2.56 bits per heavy atom. The van der Waals surface area contributed by atoms with E-state index in [9.17, 15) is 5.11 Å². The highest BCUT2D eigenvalue weighted by atomic mass is 16.3. The number of likely N-dealkylation sites (tertiary alicyclic amines) is 1. The Morgan fingerprint density at radius 2 is 1.84 bits per heavy atom. The minimum absolute atomic E-state index is 0.303. The van der Waals surface area contributed by atoms with E-state index >= 15 is 0 Å². The molecule has 1 saturated heterocycles. The van der Waals surface area contributed by atoms with Crippen LogP contribution in [0.3, 0.4) is 0 Å². The van der Waals surface area contributed by atoms with Gasteiger partial charge < -0.3 is 19.5 Å². The van der Waals surface area contributed by atoms with Crippen LogP contribution in [0.1, 0.15) is 30.5 Å². The van der Waals surface area contributed by atoms with Crippen LogP contribution in [-0.4, -0.2) is 65.9 Å². The molecule has 4 heteroatoms. The van der Waals surface area contributed by atoms with Gasteiger partial charge in [0.25, 0.3) is 0 Å². The summed E-state index contributed by atoms with van der Waals surface area (Å²) in [6, 6.07) is 8.66. The maximum atomic E-state index is 10.6. The molecule has 0 amide bonds. The van der Waals surface area contributed by atoms with Crippen LogP contribution in [0.4, 0.5) is 0 Å². The van der Waals surface area contributed by atoms with Gasteiger partial charge in [0.1, 0.15) is 0 Å². The van der Waals surface area contributed by atoms with Crippen LogP contribution in [0.25, 0.3) is 10.9 Å². The third-order valence-electron chi connectivity index (χ3n) is 5.45. The van der Waals surface area contributed by atoms with E-state index in [-0.39, 0.29) is 6.10 Å². The second-order valence-electron chi connectivity index (χ2n) is 7.76. The van der Waals surface area contributed by atoms with Gasteiger partial charge in [-0.15, -0.1) is 0 Å². The van der Waals surface area contributed by atoms with Crippen LogP contribution < -0.4 is 0 Å². The van der Waals surface area contributed by atoms with Gasteiger partial charge in [-0.3, -0.25) is 0 Å². The molecule has 1 aliphatic heterocycles. The Balaban J connectivity index is 1.78. The van der Waals surface area contributed by atoms with Crippen molar-refractivity contribution in [2.45, 2.75) is 45.3 Å². The largest absolute Gasteiger partial charge is 0.390 e. The predicted molar refractivity (Wildman–Crippen MR) is 105 cm³/mol. The summed E-state index contributed by atoms with van der Waals surface area (Å²) in [5, 5.41) is 12.0. The van der Waals surface area contributed by atoms with Crippen molar-refractivity contribution in [1.29, 1.82) is 0 Å². The number of hydrogen-bond acceptors (Lipinski definition) is 3. The van der Waals surface area contributed by atoms with Crippen molar-refractivity contribution < 1.29 is 5.11 Å². The van der Waals surface area contributed by atoms with E-state index in [1.807, 2.05) is 0 Å². The van der Waals surface area contributed by atoms with Gasteiger partial charge in [0, 0.05) is 23.1 Å². The molecule has 2 aromatic rings. The zero-order valence-corrected chi connectivity index (χ0v) is 16.0. The highest BCUT2D eigenvalue weighted by Crippen LogP contribution is 2.27. The molecular weight excluding hydrogens is 310 g/mol. The minimum Gasteiger partial charge on any atom is -0.390 e. The Kier molecular flexibility index (Phi) is 6.15. The Labute approximate surface area is 152 Å². The van der Waals surface area contributed by atoms with Crippen LogP contribution in [0, 0.1) is 6.92 Å². The van der Waals surface area contributed by atoms with Crippen molar-refractivity contribution in [2.24, 2.45) is 0 Å². The number of β-amino-alcohol motifs (C(OH)–C–C–N with tert-alkyl or cyclic N) is 1. The normalized spacial score (nSPS) is 17.0. The van der Waals surface area contributed by atoms with Crippen molar-refractivity contribution >= 4 is 10.9 Å². The maximum Gasteiger partial charge on any atom is 0.0845 e. The number of rotatable bonds is 8. The van der Waals surface area contributed by atoms with E-state index in [0.29, 0.717) is 6.54 Å². The first-order valence-electron chi connectivity index (χ1n) is 9.68. The molecule has 1 aromatic heterocycles. The lowest BCUT2D eigenvalue weighted by molar-refractivity contribution is 0.110. The molecule has 0 bridgehead atoms. The molecule has 1 aliphatic rings. The summed E-state index contributed by atoms with van der Waals surface area (Å²) in [5.41, 5.74) is 4.03. The Morgan fingerprint density at radius 1 is 1.12 bits per heavy atom. The molecule has 2 heterocycles. The topological polar surface area (TPSA) is 31.6 Å². The molecule has 1 atom stereocenters. The third-order valence-corrected chi connectivity index (χ3v) is 5.45. The minimum atomic E-state index is -0.303. The number of fused-ring (bicyclic) bond motifs is 1. The summed E-state index contributed by atoms with van der Waals surface area (Å²) < 4.78 is 2.33. The van der Waals surface area contributed by atoms with E-state index < -0.39 is 0 Å². The van der Waals surface area contributed by atoms with Gasteiger partial charge in [-0.05, 0) is 78.0 Å². The van der Waals surface area contributed by atoms with E-state index in [1.165, 1.54) is 35.0 Å². The van der Waals surface area contributed by atoms with E-state index in [1.54, 1.807) is 0 Å². The zero-order valence-electron chi connectivity index (χ0n) is 16.0. The monoisotopic (exact) mass is 343 g/mol. The molecule has 3 rings (SSSR count). The van der Waals surface area contributed by atoms with Gasteiger partial charge >= 0.3 is 0 Å². The van der Waals surface area contributed by atoms with Gasteiger partial charge in [-0.1, -0.05) is 18.2 Å². The summed E-state index contributed by atoms with van der Waals surface area (Å²) in [6.45, 7) is 7.08. The summed E-state index contributed by atoms with van der Waals surface area (Å²) in [4.78, 5) is 4.64. The maximum absolute atomic E-state index is 10.6. The molecule has 25 heavy (non-hydrogen) atoms. The summed E-state index contributed by atoms with van der Waals surface area (Å²) >= 11 is 0. The van der Waals surface area contributed by atoms with Crippen LogP contribution in [0.5, 0.6) is 0 Å². The first-order valence-corrected chi connectivity index (χ1v) is 9.68. The predicted octanol–water partition coefficient (Wildman–Crippen LogP) is 2.90. The molecule has 0 aliphatic carbocycles. The van der Waals surface area contributed by atoms with Crippen LogP contribution in [0.2, 0.25) is 0 Å². The molecule has 1 N–H and O–H groups in total.